The molecule has 0 aromatic heterocycles. The first kappa shape index (κ1) is 19.6. The van der Waals surface area contributed by atoms with Gasteiger partial charge in [0.2, 0.25) is 11.8 Å². The summed E-state index contributed by atoms with van der Waals surface area (Å²) in [6.45, 7) is 4.02. The Morgan fingerprint density at radius 3 is 2.04 bits per heavy atom. The minimum Gasteiger partial charge on any atom is -0.326 e. The van der Waals surface area contributed by atoms with E-state index in [1.165, 1.54) is 5.56 Å². The van der Waals surface area contributed by atoms with E-state index < -0.39 is 0 Å². The monoisotopic (exact) mass is 375 g/mol. The first-order valence-corrected chi connectivity index (χ1v) is 9.66. The highest BCUT2D eigenvalue weighted by molar-refractivity contribution is 5.95. The fraction of sp³-hybridized carbons (Fsp3) is 0.348. The van der Waals surface area contributed by atoms with Crippen molar-refractivity contribution >= 4 is 23.2 Å². The number of carbonyl (C=O) groups is 2. The van der Waals surface area contributed by atoms with Crippen LogP contribution in [0.3, 0.4) is 0 Å². The fourth-order valence-corrected chi connectivity index (χ4v) is 3.73. The molecule has 1 saturated carbocycles. The number of hydrogen-bond acceptors (Lipinski definition) is 3. The van der Waals surface area contributed by atoms with Crippen molar-refractivity contribution in [1.29, 1.82) is 5.26 Å². The van der Waals surface area contributed by atoms with Gasteiger partial charge in [-0.05, 0) is 63.3 Å². The maximum atomic E-state index is 12.6. The predicted molar refractivity (Wildman–Crippen MR) is 110 cm³/mol. The van der Waals surface area contributed by atoms with Crippen LogP contribution in [0, 0.1) is 37.0 Å². The molecule has 144 valence electrons. The van der Waals surface area contributed by atoms with E-state index in [2.05, 4.69) is 22.8 Å². The van der Waals surface area contributed by atoms with E-state index in [4.69, 9.17) is 5.26 Å². The van der Waals surface area contributed by atoms with Gasteiger partial charge in [-0.2, -0.15) is 5.26 Å². The molecular formula is C23H25N3O2. The summed E-state index contributed by atoms with van der Waals surface area (Å²) in [6, 6.07) is 15.1. The molecule has 0 saturated heterocycles. The summed E-state index contributed by atoms with van der Waals surface area (Å²) in [5.41, 5.74) is 4.07. The number of para-hydroxylation sites is 1. The first-order valence-electron chi connectivity index (χ1n) is 9.66. The first-order chi connectivity index (χ1) is 13.5. The molecule has 0 unspecified atom stereocenters. The molecule has 0 bridgehead atoms. The third-order valence-corrected chi connectivity index (χ3v) is 5.41. The molecule has 2 aromatic carbocycles. The lowest BCUT2D eigenvalue weighted by Crippen LogP contribution is -2.32. The molecule has 1 aliphatic carbocycles. The van der Waals surface area contributed by atoms with Gasteiger partial charge in [0, 0.05) is 17.5 Å². The zero-order chi connectivity index (χ0) is 20.1. The van der Waals surface area contributed by atoms with Gasteiger partial charge in [-0.15, -0.1) is 0 Å². The number of hydrogen-bond donors (Lipinski definition) is 2. The highest BCUT2D eigenvalue weighted by Crippen LogP contribution is 2.31. The van der Waals surface area contributed by atoms with Crippen molar-refractivity contribution in [1.82, 2.24) is 0 Å². The summed E-state index contributed by atoms with van der Waals surface area (Å²) in [5.74, 6) is -0.246. The number of anilines is 2. The van der Waals surface area contributed by atoms with Gasteiger partial charge in [0.05, 0.1) is 11.3 Å². The number of amides is 2. The largest absolute Gasteiger partial charge is 0.326 e. The average molecular weight is 375 g/mol. The lowest BCUT2D eigenvalue weighted by molar-refractivity contribution is -0.125. The maximum Gasteiger partial charge on any atom is 0.227 e. The molecule has 0 aliphatic heterocycles. The van der Waals surface area contributed by atoms with Gasteiger partial charge in [0.1, 0.15) is 6.07 Å². The number of nitrogens with one attached hydrogen (secondary N) is 2. The van der Waals surface area contributed by atoms with Crippen LogP contribution in [-0.2, 0) is 9.59 Å². The Labute approximate surface area is 165 Å². The predicted octanol–water partition coefficient (Wildman–Crippen LogP) is 4.56. The molecule has 1 aliphatic rings. The van der Waals surface area contributed by atoms with E-state index in [9.17, 15) is 9.59 Å². The van der Waals surface area contributed by atoms with Crippen molar-refractivity contribution < 1.29 is 9.59 Å². The molecule has 28 heavy (non-hydrogen) atoms. The summed E-state index contributed by atoms with van der Waals surface area (Å²) < 4.78 is 0. The van der Waals surface area contributed by atoms with E-state index in [-0.39, 0.29) is 23.7 Å². The Morgan fingerprint density at radius 1 is 0.893 bits per heavy atom. The molecule has 5 heteroatoms. The van der Waals surface area contributed by atoms with Crippen molar-refractivity contribution in [3.63, 3.8) is 0 Å². The topological polar surface area (TPSA) is 82.0 Å². The van der Waals surface area contributed by atoms with E-state index in [1.807, 2.05) is 26.0 Å². The average Bonchev–Trinajstić information content (AvgIpc) is 2.70. The Morgan fingerprint density at radius 2 is 1.46 bits per heavy atom. The van der Waals surface area contributed by atoms with Gasteiger partial charge in [0.25, 0.3) is 0 Å². The van der Waals surface area contributed by atoms with Crippen LogP contribution in [0.25, 0.3) is 0 Å². The van der Waals surface area contributed by atoms with Gasteiger partial charge in [-0.25, -0.2) is 0 Å². The zero-order valence-corrected chi connectivity index (χ0v) is 16.3. The molecule has 0 spiro atoms. The van der Waals surface area contributed by atoms with Crippen LogP contribution in [0.4, 0.5) is 11.4 Å². The molecule has 1 fully saturated rings. The minimum absolute atomic E-state index is 0.0284. The van der Waals surface area contributed by atoms with Gasteiger partial charge in [-0.3, -0.25) is 9.59 Å². The molecule has 0 heterocycles. The summed E-state index contributed by atoms with van der Waals surface area (Å²) in [6.07, 6.45) is 2.72. The summed E-state index contributed by atoms with van der Waals surface area (Å²) >= 11 is 0. The number of nitrogens with zero attached hydrogens (tertiary/aromatic N) is 1. The van der Waals surface area contributed by atoms with Crippen LogP contribution >= 0.6 is 0 Å². The number of aryl methyl sites for hydroxylation is 2. The van der Waals surface area contributed by atoms with E-state index in [0.29, 0.717) is 36.9 Å². The fourth-order valence-electron chi connectivity index (χ4n) is 3.73. The van der Waals surface area contributed by atoms with E-state index in [1.54, 1.807) is 24.3 Å². The minimum atomic E-state index is -0.128. The number of carbonyl (C=O) groups excluding carboxylic acids is 2. The summed E-state index contributed by atoms with van der Waals surface area (Å²) in [4.78, 5) is 25.2. The lowest BCUT2D eigenvalue weighted by atomic mass is 9.81. The van der Waals surface area contributed by atoms with Crippen molar-refractivity contribution in [2.75, 3.05) is 10.6 Å². The molecule has 2 amide bonds. The number of benzene rings is 2. The van der Waals surface area contributed by atoms with Gasteiger partial charge in [-0.1, -0.05) is 29.8 Å². The quantitative estimate of drug-likeness (QED) is 0.822. The summed E-state index contributed by atoms with van der Waals surface area (Å²) in [5, 5.41) is 15.0. The Bertz CT molecular complexity index is 922. The van der Waals surface area contributed by atoms with E-state index >= 15 is 0 Å². The molecule has 2 N–H and O–H groups in total. The summed E-state index contributed by atoms with van der Waals surface area (Å²) in [7, 11) is 0. The molecule has 2 aromatic rings. The Hall–Kier alpha value is -3.13. The molecule has 0 atom stereocenters. The third-order valence-electron chi connectivity index (χ3n) is 5.41. The van der Waals surface area contributed by atoms with Crippen LogP contribution < -0.4 is 10.6 Å². The second-order valence-corrected chi connectivity index (χ2v) is 7.50. The number of nitriles is 1. The zero-order valence-electron chi connectivity index (χ0n) is 16.3. The second-order valence-electron chi connectivity index (χ2n) is 7.50. The van der Waals surface area contributed by atoms with Crippen LogP contribution in [0.5, 0.6) is 0 Å². The van der Waals surface area contributed by atoms with Gasteiger partial charge < -0.3 is 10.6 Å². The van der Waals surface area contributed by atoms with Gasteiger partial charge in [0.15, 0.2) is 0 Å². The lowest BCUT2D eigenvalue weighted by Gasteiger charge is -2.27. The standard InChI is InChI=1S/C23H25N3O2/c1-15-7-12-20(16(2)13-15)25-22(27)17-8-10-18(11-9-17)23(28)26-21-6-4-3-5-19(21)14-24/h3-7,12-13,17-18H,8-11H2,1-2H3,(H,25,27)(H,26,28). The maximum absolute atomic E-state index is 12.6. The van der Waals surface area contributed by atoms with Gasteiger partial charge >= 0.3 is 0 Å². The van der Waals surface area contributed by atoms with Crippen LogP contribution in [0.2, 0.25) is 0 Å². The molecule has 3 rings (SSSR count). The highest BCUT2D eigenvalue weighted by Gasteiger charge is 2.30. The molecular weight excluding hydrogens is 350 g/mol. The normalized spacial score (nSPS) is 18.8. The van der Waals surface area contributed by atoms with E-state index in [0.717, 1.165) is 11.3 Å². The number of rotatable bonds is 4. The van der Waals surface area contributed by atoms with Crippen LogP contribution in [0.1, 0.15) is 42.4 Å². The van der Waals surface area contributed by atoms with Crippen LogP contribution in [0.15, 0.2) is 42.5 Å². The Balaban J connectivity index is 1.54. The Kier molecular flexibility index (Phi) is 6.10. The van der Waals surface area contributed by atoms with Crippen molar-refractivity contribution in [3.8, 4) is 6.07 Å². The van der Waals surface area contributed by atoms with Crippen molar-refractivity contribution in [2.24, 2.45) is 11.8 Å². The molecule has 0 radical (unpaired) electrons. The van der Waals surface area contributed by atoms with Crippen molar-refractivity contribution in [3.05, 3.63) is 59.2 Å². The molecule has 5 nitrogen and oxygen atoms in total. The SMILES string of the molecule is Cc1ccc(NC(=O)C2CCC(C(=O)Nc3ccccc3C#N)CC2)c(C)c1. The third kappa shape index (κ3) is 4.58. The van der Waals surface area contributed by atoms with Crippen molar-refractivity contribution in [2.45, 2.75) is 39.5 Å². The van der Waals surface area contributed by atoms with Crippen LogP contribution in [-0.4, -0.2) is 11.8 Å². The second kappa shape index (κ2) is 8.71. The smallest absolute Gasteiger partial charge is 0.227 e. The highest BCUT2D eigenvalue weighted by atomic mass is 16.2.